The second-order valence-electron chi connectivity index (χ2n) is 5.97. The second kappa shape index (κ2) is 7.31. The van der Waals surface area contributed by atoms with Crippen molar-refractivity contribution in [1.82, 2.24) is 14.9 Å². The van der Waals surface area contributed by atoms with Gasteiger partial charge in [-0.1, -0.05) is 11.6 Å². The van der Waals surface area contributed by atoms with Gasteiger partial charge in [0.15, 0.2) is 5.78 Å². The Morgan fingerprint density at radius 2 is 2.29 bits per heavy atom. The molecule has 0 saturated carbocycles. The molecule has 2 aromatic rings. The molecule has 2 atom stereocenters. The van der Waals surface area contributed by atoms with Gasteiger partial charge in [0.25, 0.3) is 5.56 Å². The van der Waals surface area contributed by atoms with Crippen LogP contribution in [0, 0.1) is 0 Å². The van der Waals surface area contributed by atoms with Gasteiger partial charge in [-0.3, -0.25) is 14.2 Å². The summed E-state index contributed by atoms with van der Waals surface area (Å²) in [5, 5.41) is 13.9. The molecule has 1 saturated heterocycles. The summed E-state index contributed by atoms with van der Waals surface area (Å²) in [6.45, 7) is 0.722. The van der Waals surface area contributed by atoms with E-state index in [-0.39, 0.29) is 30.3 Å². The molecule has 8 heteroatoms. The van der Waals surface area contributed by atoms with Crippen molar-refractivity contribution in [3.8, 4) is 0 Å². The van der Waals surface area contributed by atoms with E-state index in [0.29, 0.717) is 26.8 Å². The number of aliphatic hydroxyl groups is 1. The summed E-state index contributed by atoms with van der Waals surface area (Å²) in [5.74, 6) is -0.125. The first-order valence-corrected chi connectivity index (χ1v) is 8.90. The van der Waals surface area contributed by atoms with E-state index in [1.807, 2.05) is 0 Å². The van der Waals surface area contributed by atoms with Crippen LogP contribution in [0.25, 0.3) is 10.9 Å². The van der Waals surface area contributed by atoms with Gasteiger partial charge in [0, 0.05) is 16.9 Å². The van der Waals surface area contributed by atoms with Crippen LogP contribution in [0.15, 0.2) is 27.7 Å². The Bertz CT molecular complexity index is 839. The van der Waals surface area contributed by atoms with Gasteiger partial charge in [-0.15, -0.1) is 0 Å². The van der Waals surface area contributed by atoms with E-state index >= 15 is 0 Å². The Kier molecular flexibility index (Phi) is 5.34. The Morgan fingerprint density at radius 1 is 1.50 bits per heavy atom. The normalized spacial score (nSPS) is 21.1. The van der Waals surface area contributed by atoms with Crippen LogP contribution < -0.4 is 10.9 Å². The number of rotatable bonds is 4. The molecule has 0 aliphatic carbocycles. The Balaban J connectivity index is 1.79. The zero-order chi connectivity index (χ0) is 17.3. The van der Waals surface area contributed by atoms with Crippen molar-refractivity contribution in [2.75, 3.05) is 6.54 Å². The fraction of sp³-hybridized carbons (Fsp3) is 0.438. The summed E-state index contributed by atoms with van der Waals surface area (Å²) < 4.78 is 1.94. The van der Waals surface area contributed by atoms with Gasteiger partial charge < -0.3 is 10.4 Å². The predicted molar refractivity (Wildman–Crippen MR) is 95.4 cm³/mol. The van der Waals surface area contributed by atoms with Crippen molar-refractivity contribution in [3.05, 3.63) is 38.3 Å². The Morgan fingerprint density at radius 3 is 3.04 bits per heavy atom. The minimum absolute atomic E-state index is 0.0691. The van der Waals surface area contributed by atoms with E-state index in [1.165, 1.54) is 10.9 Å². The summed E-state index contributed by atoms with van der Waals surface area (Å²) in [5.41, 5.74) is 0.212. The number of piperidine rings is 1. The van der Waals surface area contributed by atoms with Crippen LogP contribution in [0.1, 0.15) is 19.3 Å². The molecule has 6 nitrogen and oxygen atoms in total. The third-order valence-electron chi connectivity index (χ3n) is 4.21. The van der Waals surface area contributed by atoms with Gasteiger partial charge in [-0.05, 0) is 47.4 Å². The summed E-state index contributed by atoms with van der Waals surface area (Å²) in [7, 11) is 0. The smallest absolute Gasteiger partial charge is 0.261 e. The number of carbonyl (C=O) groups excluding carboxylic acids is 1. The van der Waals surface area contributed by atoms with Gasteiger partial charge in [0.2, 0.25) is 0 Å². The van der Waals surface area contributed by atoms with Gasteiger partial charge in [-0.2, -0.15) is 0 Å². The molecule has 1 aromatic heterocycles. The van der Waals surface area contributed by atoms with Crippen molar-refractivity contribution in [2.45, 2.75) is 38.0 Å². The molecule has 2 heterocycles. The lowest BCUT2D eigenvalue weighted by molar-refractivity contribution is -0.121. The van der Waals surface area contributed by atoms with E-state index in [1.54, 1.807) is 12.1 Å². The van der Waals surface area contributed by atoms with Gasteiger partial charge >= 0.3 is 0 Å². The quantitative estimate of drug-likeness (QED) is 0.798. The molecular weight excluding hydrogens is 398 g/mol. The van der Waals surface area contributed by atoms with E-state index < -0.39 is 6.10 Å². The van der Waals surface area contributed by atoms with Crippen LogP contribution in [-0.2, 0) is 11.3 Å². The van der Waals surface area contributed by atoms with E-state index in [4.69, 9.17) is 11.6 Å². The SMILES string of the molecule is O=C(CC1NCCC[C@@H]1O)Cn1cnc2cc(Br)c(Cl)cc2c1=O. The van der Waals surface area contributed by atoms with Crippen LogP contribution in [0.2, 0.25) is 5.02 Å². The third-order valence-corrected chi connectivity index (χ3v) is 5.41. The molecule has 2 N–H and O–H groups in total. The average Bonchev–Trinajstić information content (AvgIpc) is 2.54. The molecular formula is C16H17BrClN3O3. The average molecular weight is 415 g/mol. The number of aromatic nitrogens is 2. The number of hydrogen-bond acceptors (Lipinski definition) is 5. The number of nitrogens with zero attached hydrogens (tertiary/aromatic N) is 2. The molecule has 1 aromatic carbocycles. The maximum Gasteiger partial charge on any atom is 0.261 e. The van der Waals surface area contributed by atoms with Crippen LogP contribution >= 0.6 is 27.5 Å². The summed E-state index contributed by atoms with van der Waals surface area (Å²) >= 11 is 9.33. The van der Waals surface area contributed by atoms with Crippen molar-refractivity contribution >= 4 is 44.2 Å². The number of carbonyl (C=O) groups is 1. The fourth-order valence-electron chi connectivity index (χ4n) is 2.91. The number of hydrogen-bond donors (Lipinski definition) is 2. The van der Waals surface area contributed by atoms with E-state index in [2.05, 4.69) is 26.2 Å². The fourth-order valence-corrected chi connectivity index (χ4v) is 3.40. The molecule has 0 amide bonds. The highest BCUT2D eigenvalue weighted by atomic mass is 79.9. The standard InChI is InChI=1S/C16H17BrClN3O3/c17-11-6-13-10(5-12(11)18)16(24)21(8-20-13)7-9(22)4-14-15(23)2-1-3-19-14/h5-6,8,14-15,19,23H,1-4,7H2/t14?,15-/m0/s1. The zero-order valence-corrected chi connectivity index (χ0v) is 15.2. The first kappa shape index (κ1) is 17.5. The molecule has 3 rings (SSSR count). The van der Waals surface area contributed by atoms with Crippen LogP contribution in [0.5, 0.6) is 0 Å². The topological polar surface area (TPSA) is 84.2 Å². The number of aliphatic hydroxyl groups excluding tert-OH is 1. The second-order valence-corrected chi connectivity index (χ2v) is 7.24. The van der Waals surface area contributed by atoms with Crippen LogP contribution in [-0.4, -0.2) is 39.1 Å². The van der Waals surface area contributed by atoms with E-state index in [0.717, 1.165) is 13.0 Å². The number of nitrogens with one attached hydrogen (secondary N) is 1. The lowest BCUT2D eigenvalue weighted by Gasteiger charge is -2.28. The van der Waals surface area contributed by atoms with Crippen LogP contribution in [0.4, 0.5) is 0 Å². The third kappa shape index (κ3) is 3.69. The molecule has 1 fully saturated rings. The van der Waals surface area contributed by atoms with E-state index in [9.17, 15) is 14.7 Å². The highest BCUT2D eigenvalue weighted by molar-refractivity contribution is 9.10. The number of Topliss-reactive ketones (excluding diaryl/α,β-unsaturated/α-hetero) is 1. The number of halogens is 2. The minimum atomic E-state index is -0.523. The number of fused-ring (bicyclic) bond motifs is 1. The first-order chi connectivity index (χ1) is 11.5. The Labute approximate surface area is 152 Å². The summed E-state index contributed by atoms with van der Waals surface area (Å²) in [6.07, 6.45) is 2.62. The van der Waals surface area contributed by atoms with Crippen molar-refractivity contribution < 1.29 is 9.90 Å². The predicted octanol–water partition coefficient (Wildman–Crippen LogP) is 1.88. The highest BCUT2D eigenvalue weighted by Crippen LogP contribution is 2.25. The molecule has 0 bridgehead atoms. The lowest BCUT2D eigenvalue weighted by atomic mass is 9.97. The molecule has 1 aliphatic rings. The zero-order valence-electron chi connectivity index (χ0n) is 12.8. The number of benzene rings is 1. The molecule has 0 spiro atoms. The van der Waals surface area contributed by atoms with Gasteiger partial charge in [0.1, 0.15) is 0 Å². The Hall–Kier alpha value is -1.28. The van der Waals surface area contributed by atoms with Crippen molar-refractivity contribution in [3.63, 3.8) is 0 Å². The molecule has 0 radical (unpaired) electrons. The molecule has 1 unspecified atom stereocenters. The van der Waals surface area contributed by atoms with Crippen molar-refractivity contribution in [1.29, 1.82) is 0 Å². The lowest BCUT2D eigenvalue weighted by Crippen LogP contribution is -2.46. The minimum Gasteiger partial charge on any atom is -0.391 e. The maximum atomic E-state index is 12.5. The first-order valence-electron chi connectivity index (χ1n) is 7.73. The monoisotopic (exact) mass is 413 g/mol. The van der Waals surface area contributed by atoms with Crippen LogP contribution in [0.3, 0.4) is 0 Å². The number of ketones is 1. The van der Waals surface area contributed by atoms with Crippen molar-refractivity contribution in [2.24, 2.45) is 0 Å². The summed E-state index contributed by atoms with van der Waals surface area (Å²) in [4.78, 5) is 29.0. The van der Waals surface area contributed by atoms with Gasteiger partial charge in [-0.25, -0.2) is 4.98 Å². The largest absolute Gasteiger partial charge is 0.391 e. The maximum absolute atomic E-state index is 12.5. The molecule has 24 heavy (non-hydrogen) atoms. The highest BCUT2D eigenvalue weighted by Gasteiger charge is 2.25. The molecule has 1 aliphatic heterocycles. The summed E-state index contributed by atoms with van der Waals surface area (Å²) in [6, 6.07) is 2.97. The molecule has 128 valence electrons. The van der Waals surface area contributed by atoms with Gasteiger partial charge in [0.05, 0.1) is 34.9 Å².